The van der Waals surface area contributed by atoms with Gasteiger partial charge >= 0.3 is 0 Å². The summed E-state index contributed by atoms with van der Waals surface area (Å²) >= 11 is 0. The van der Waals surface area contributed by atoms with Crippen molar-refractivity contribution in [3.05, 3.63) is 71.0 Å². The molecule has 3 N–H and O–H groups in total. The molecule has 3 aromatic rings. The molecule has 1 aromatic heterocycles. The zero-order valence-corrected chi connectivity index (χ0v) is 19.8. The van der Waals surface area contributed by atoms with Crippen molar-refractivity contribution >= 4 is 27.5 Å². The van der Waals surface area contributed by atoms with Gasteiger partial charge in [0, 0.05) is 12.8 Å². The van der Waals surface area contributed by atoms with Crippen LogP contribution in [0.3, 0.4) is 0 Å². The Balaban J connectivity index is 1.90. The monoisotopic (exact) mass is 493 g/mol. The number of anilines is 1. The zero-order valence-electron chi connectivity index (χ0n) is 19.0. The van der Waals surface area contributed by atoms with Crippen LogP contribution in [0.15, 0.2) is 51.9 Å². The lowest BCUT2D eigenvalue weighted by Gasteiger charge is -2.27. The first-order valence-corrected chi connectivity index (χ1v) is 12.9. The molecule has 0 unspecified atom stereocenters. The number of halogens is 2. The molecule has 0 aliphatic rings. The van der Waals surface area contributed by atoms with Gasteiger partial charge in [-0.05, 0) is 47.2 Å². The molecule has 0 aliphatic carbocycles. The molecule has 0 spiro atoms. The Kier molecular flexibility index (Phi) is 7.57. The van der Waals surface area contributed by atoms with Crippen LogP contribution in [-0.4, -0.2) is 48.0 Å². The molecule has 1 heterocycles. The molecular weight excluding hydrogens is 468 g/mol. The van der Waals surface area contributed by atoms with Crippen LogP contribution in [-0.2, 0) is 16.1 Å². The van der Waals surface area contributed by atoms with Crippen LogP contribution < -0.4 is 10.6 Å². The molecule has 182 valence electrons. The Hall–Kier alpha value is -3.44. The minimum absolute atomic E-state index is 0.0192. The van der Waals surface area contributed by atoms with Crippen LogP contribution >= 0.6 is 10.0 Å². The number of nitrogens with zero attached hydrogens (tertiary/aromatic N) is 1. The van der Waals surface area contributed by atoms with Gasteiger partial charge in [0.15, 0.2) is 0 Å². The van der Waals surface area contributed by atoms with Crippen LogP contribution in [0.25, 0.3) is 0 Å². The maximum absolute atomic E-state index is 14.6. The second-order valence-electron chi connectivity index (χ2n) is 8.23. The van der Waals surface area contributed by atoms with Crippen molar-refractivity contribution in [3.63, 3.8) is 0 Å². The highest BCUT2D eigenvalue weighted by molar-refractivity contribution is 8.32. The van der Waals surface area contributed by atoms with Crippen LogP contribution in [0, 0.1) is 11.6 Å². The number of nitrogens with one attached hydrogen (secondary N) is 2. The molecule has 0 fully saturated rings. The number of aromatic nitrogens is 1. The molecule has 0 radical (unpaired) electrons. The third-order valence-corrected chi connectivity index (χ3v) is 6.38. The van der Waals surface area contributed by atoms with Gasteiger partial charge in [0.05, 0.1) is 17.6 Å². The van der Waals surface area contributed by atoms with Crippen LogP contribution in [0.5, 0.6) is 5.88 Å². The van der Waals surface area contributed by atoms with Gasteiger partial charge in [-0.15, -0.1) is 0 Å². The summed E-state index contributed by atoms with van der Waals surface area (Å²) in [6.07, 6.45) is 5.27. The van der Waals surface area contributed by atoms with Gasteiger partial charge in [0.1, 0.15) is 17.7 Å². The molecule has 1 atom stereocenters. The first-order chi connectivity index (χ1) is 16.0. The van der Waals surface area contributed by atoms with Crippen LogP contribution in [0.2, 0.25) is 0 Å². The van der Waals surface area contributed by atoms with Crippen LogP contribution in [0.4, 0.5) is 14.5 Å². The van der Waals surface area contributed by atoms with Gasteiger partial charge in [0.25, 0.3) is 17.7 Å². The highest BCUT2D eigenvalue weighted by Crippen LogP contribution is 2.48. The minimum Gasteiger partial charge on any atom is -0.491 e. The van der Waals surface area contributed by atoms with Crippen molar-refractivity contribution in [2.45, 2.75) is 17.5 Å². The number of benzene rings is 2. The van der Waals surface area contributed by atoms with E-state index in [9.17, 15) is 23.5 Å². The van der Waals surface area contributed by atoms with Crippen molar-refractivity contribution in [2.24, 2.45) is 0 Å². The minimum atomic E-state index is -1.69. The van der Waals surface area contributed by atoms with Crippen molar-refractivity contribution in [2.75, 3.05) is 31.2 Å². The fourth-order valence-corrected chi connectivity index (χ4v) is 4.57. The van der Waals surface area contributed by atoms with E-state index in [0.717, 1.165) is 23.8 Å². The lowest BCUT2D eigenvalue weighted by Crippen LogP contribution is -2.37. The van der Waals surface area contributed by atoms with E-state index in [4.69, 9.17) is 9.26 Å². The lowest BCUT2D eigenvalue weighted by molar-refractivity contribution is -0.118. The lowest BCUT2D eigenvalue weighted by atomic mass is 10.0. The van der Waals surface area contributed by atoms with E-state index in [1.807, 2.05) is 0 Å². The predicted octanol–water partition coefficient (Wildman–Crippen LogP) is 3.97. The summed E-state index contributed by atoms with van der Waals surface area (Å²) in [4.78, 5) is 25.7. The number of amides is 2. The molecule has 0 saturated heterocycles. The summed E-state index contributed by atoms with van der Waals surface area (Å²) < 4.78 is 39.1. The SMILES string of the molecule is COCc1ccc([C@@H](NC(=O)c2cc(O)no2)C(=O)Nc2cc(F)c(S(C)(C)C)c(F)c2)cc1. The largest absolute Gasteiger partial charge is 0.491 e. The third kappa shape index (κ3) is 5.91. The summed E-state index contributed by atoms with van der Waals surface area (Å²) in [6.45, 7) is 0.349. The van der Waals surface area contributed by atoms with Gasteiger partial charge in [-0.25, -0.2) is 18.8 Å². The summed E-state index contributed by atoms with van der Waals surface area (Å²) in [5, 5.41) is 17.5. The van der Waals surface area contributed by atoms with E-state index in [1.165, 1.54) is 0 Å². The molecule has 2 aromatic carbocycles. The molecule has 2 amide bonds. The molecule has 0 bridgehead atoms. The summed E-state index contributed by atoms with van der Waals surface area (Å²) in [5.41, 5.74) is 1.13. The summed E-state index contributed by atoms with van der Waals surface area (Å²) in [6, 6.07) is 8.48. The first-order valence-electron chi connectivity index (χ1n) is 10.0. The van der Waals surface area contributed by atoms with Gasteiger partial charge in [-0.3, -0.25) is 9.59 Å². The van der Waals surface area contributed by atoms with E-state index in [1.54, 1.807) is 50.1 Å². The summed E-state index contributed by atoms with van der Waals surface area (Å²) in [7, 11) is -0.145. The summed E-state index contributed by atoms with van der Waals surface area (Å²) in [5.74, 6) is -3.91. The quantitative estimate of drug-likeness (QED) is 0.438. The van der Waals surface area contributed by atoms with E-state index >= 15 is 0 Å². The topological polar surface area (TPSA) is 114 Å². The Morgan fingerprint density at radius 1 is 1.12 bits per heavy atom. The van der Waals surface area contributed by atoms with E-state index in [0.29, 0.717) is 12.2 Å². The van der Waals surface area contributed by atoms with E-state index in [2.05, 4.69) is 15.8 Å². The van der Waals surface area contributed by atoms with Crippen molar-refractivity contribution in [1.82, 2.24) is 10.5 Å². The predicted molar refractivity (Wildman–Crippen MR) is 124 cm³/mol. The van der Waals surface area contributed by atoms with Crippen molar-refractivity contribution < 1.29 is 32.7 Å². The molecule has 3 rings (SSSR count). The number of methoxy groups -OCH3 is 1. The number of rotatable bonds is 8. The Labute approximate surface area is 196 Å². The average Bonchev–Trinajstić information content (AvgIpc) is 3.17. The molecule has 11 heteroatoms. The second-order valence-corrected chi connectivity index (χ2v) is 12.3. The van der Waals surface area contributed by atoms with Gasteiger partial charge in [-0.2, -0.15) is 0 Å². The number of hydrogen-bond donors (Lipinski definition) is 3. The number of hydrogen-bond acceptors (Lipinski definition) is 6. The molecular formula is C23H25F2N3O5S. The number of aromatic hydroxyl groups is 1. The maximum atomic E-state index is 14.6. The molecule has 0 aliphatic heterocycles. The number of carbonyl (C=O) groups is 2. The second kappa shape index (κ2) is 10.2. The zero-order chi connectivity index (χ0) is 25.0. The highest BCUT2D eigenvalue weighted by Gasteiger charge is 2.27. The van der Waals surface area contributed by atoms with Crippen LogP contribution in [0.1, 0.15) is 27.7 Å². The Bertz CT molecular complexity index is 1170. The third-order valence-electron chi connectivity index (χ3n) is 4.76. The Morgan fingerprint density at radius 2 is 1.74 bits per heavy atom. The molecule has 34 heavy (non-hydrogen) atoms. The smallest absolute Gasteiger partial charge is 0.290 e. The van der Waals surface area contributed by atoms with Crippen molar-refractivity contribution in [3.8, 4) is 5.88 Å². The standard InChI is InChI=1S/C23H25F2N3O5S/c1-32-12-13-5-7-14(8-6-13)20(27-22(30)18-11-19(29)28-33-18)23(31)26-15-9-16(24)21(17(25)10-15)34(2,3)4/h5-11,20H,12H2,1-4H3,(H,26,31)(H,27,30)(H,28,29)/t20-/m1/s1. The molecule has 8 nitrogen and oxygen atoms in total. The number of carbonyl (C=O) groups excluding carboxylic acids is 2. The van der Waals surface area contributed by atoms with E-state index in [-0.39, 0.29) is 16.3 Å². The fourth-order valence-electron chi connectivity index (χ4n) is 3.28. The van der Waals surface area contributed by atoms with Gasteiger partial charge in [-0.1, -0.05) is 24.3 Å². The first kappa shape index (κ1) is 25.2. The van der Waals surface area contributed by atoms with E-state index < -0.39 is 45.4 Å². The average molecular weight is 494 g/mol. The maximum Gasteiger partial charge on any atom is 0.290 e. The highest BCUT2D eigenvalue weighted by atomic mass is 32.3. The van der Waals surface area contributed by atoms with Gasteiger partial charge in [0.2, 0.25) is 5.76 Å². The normalized spacial score (nSPS) is 12.8. The fraction of sp³-hybridized carbons (Fsp3) is 0.261. The Morgan fingerprint density at radius 3 is 2.24 bits per heavy atom. The molecule has 0 saturated carbocycles. The van der Waals surface area contributed by atoms with Gasteiger partial charge < -0.3 is 25.0 Å². The number of ether oxygens (including phenoxy) is 1. The van der Waals surface area contributed by atoms with Crippen molar-refractivity contribution in [1.29, 1.82) is 0 Å².